The Morgan fingerprint density at radius 3 is 2.31 bits per heavy atom. The number of ether oxygens (including phenoxy) is 1. The summed E-state index contributed by atoms with van der Waals surface area (Å²) in [7, 11) is 0. The van der Waals surface area contributed by atoms with Crippen LogP contribution in [-0.2, 0) is 10.9 Å². The topological polar surface area (TPSA) is 9.23 Å². The average molecular weight is 248 g/mol. The van der Waals surface area contributed by atoms with Crippen molar-refractivity contribution in [3.8, 4) is 0 Å². The summed E-state index contributed by atoms with van der Waals surface area (Å²) in [5, 5.41) is 0. The van der Waals surface area contributed by atoms with Crippen LogP contribution in [0.2, 0.25) is 0 Å². The Morgan fingerprint density at radius 2 is 1.88 bits per heavy atom. The van der Waals surface area contributed by atoms with Crippen LogP contribution in [0.25, 0.3) is 0 Å². The van der Waals surface area contributed by atoms with E-state index in [4.69, 9.17) is 4.74 Å². The average Bonchev–Trinajstić information content (AvgIpc) is 2.64. The summed E-state index contributed by atoms with van der Waals surface area (Å²) >= 11 is 1.61. The predicted octanol–water partition coefficient (Wildman–Crippen LogP) is 3.86. The van der Waals surface area contributed by atoms with Crippen LogP contribution in [0.15, 0.2) is 24.3 Å². The fourth-order valence-corrected chi connectivity index (χ4v) is 2.66. The molecule has 0 radical (unpaired) electrons. The van der Waals surface area contributed by atoms with E-state index in [-0.39, 0.29) is 11.5 Å². The molecule has 1 heterocycles. The van der Waals surface area contributed by atoms with Crippen LogP contribution < -0.4 is 0 Å². The molecule has 1 aliphatic rings. The lowest BCUT2D eigenvalue weighted by atomic mass is 10.1. The van der Waals surface area contributed by atoms with Gasteiger partial charge in [-0.1, -0.05) is 12.1 Å². The maximum Gasteiger partial charge on any atom is 0.416 e. The molecule has 1 aromatic carbocycles. The normalized spacial score (nSPS) is 26.0. The van der Waals surface area contributed by atoms with Crippen molar-refractivity contribution in [1.82, 2.24) is 0 Å². The fraction of sp³-hybridized carbons (Fsp3) is 0.455. The number of alkyl halides is 3. The molecular weight excluding hydrogens is 237 g/mol. The van der Waals surface area contributed by atoms with Gasteiger partial charge in [-0.2, -0.15) is 13.2 Å². The van der Waals surface area contributed by atoms with Crippen molar-refractivity contribution in [3.63, 3.8) is 0 Å². The lowest BCUT2D eigenvalue weighted by molar-refractivity contribution is -0.137. The summed E-state index contributed by atoms with van der Waals surface area (Å²) in [6.45, 7) is 1.96. The van der Waals surface area contributed by atoms with Crippen molar-refractivity contribution in [2.45, 2.75) is 24.6 Å². The molecule has 0 spiro atoms. The Bertz CT molecular complexity index is 360. The van der Waals surface area contributed by atoms with Gasteiger partial charge in [0.05, 0.1) is 11.7 Å². The van der Waals surface area contributed by atoms with Crippen molar-refractivity contribution >= 4 is 11.8 Å². The SMILES string of the molecule is C[C@H]1CS[C@H](c2ccc(C(F)(F)F)cc2)O1. The third kappa shape index (κ3) is 2.52. The Morgan fingerprint density at radius 1 is 1.25 bits per heavy atom. The first-order valence-electron chi connectivity index (χ1n) is 4.91. The predicted molar refractivity (Wildman–Crippen MR) is 57.2 cm³/mol. The van der Waals surface area contributed by atoms with Crippen LogP contribution in [0.5, 0.6) is 0 Å². The molecule has 0 aliphatic carbocycles. The summed E-state index contributed by atoms with van der Waals surface area (Å²) in [6, 6.07) is 5.17. The quantitative estimate of drug-likeness (QED) is 0.746. The third-order valence-electron chi connectivity index (χ3n) is 2.35. The Hall–Kier alpha value is -0.680. The zero-order valence-corrected chi connectivity index (χ0v) is 9.44. The van der Waals surface area contributed by atoms with Gasteiger partial charge in [0.2, 0.25) is 0 Å². The minimum absolute atomic E-state index is 0.128. The van der Waals surface area contributed by atoms with Crippen LogP contribution in [0.3, 0.4) is 0 Å². The van der Waals surface area contributed by atoms with Crippen LogP contribution in [0, 0.1) is 0 Å². The molecule has 0 N–H and O–H groups in total. The molecule has 0 unspecified atom stereocenters. The van der Waals surface area contributed by atoms with Crippen molar-refractivity contribution in [1.29, 1.82) is 0 Å². The number of hydrogen-bond donors (Lipinski definition) is 0. The Balaban J connectivity index is 2.14. The molecule has 0 aromatic heterocycles. The Labute approximate surface area is 96.0 Å². The van der Waals surface area contributed by atoms with Crippen molar-refractivity contribution < 1.29 is 17.9 Å². The zero-order valence-electron chi connectivity index (χ0n) is 8.62. The van der Waals surface area contributed by atoms with Gasteiger partial charge in [-0.05, 0) is 24.6 Å². The summed E-state index contributed by atoms with van der Waals surface area (Å²) in [5.74, 6) is 0.881. The van der Waals surface area contributed by atoms with E-state index in [0.717, 1.165) is 23.4 Å². The molecule has 1 fully saturated rings. The molecule has 0 amide bonds. The first-order chi connectivity index (χ1) is 7.47. The van der Waals surface area contributed by atoms with E-state index in [0.29, 0.717) is 0 Å². The van der Waals surface area contributed by atoms with Gasteiger partial charge in [0.25, 0.3) is 0 Å². The molecule has 5 heteroatoms. The second-order valence-corrected chi connectivity index (χ2v) is 4.83. The lowest BCUT2D eigenvalue weighted by Crippen LogP contribution is -2.06. The Kier molecular flexibility index (Phi) is 3.17. The van der Waals surface area contributed by atoms with Crippen LogP contribution in [-0.4, -0.2) is 11.9 Å². The number of hydrogen-bond acceptors (Lipinski definition) is 2. The second kappa shape index (κ2) is 4.30. The number of benzene rings is 1. The van der Waals surface area contributed by atoms with Crippen LogP contribution in [0.4, 0.5) is 13.2 Å². The largest absolute Gasteiger partial charge is 0.416 e. The van der Waals surface area contributed by atoms with Crippen LogP contribution >= 0.6 is 11.8 Å². The summed E-state index contributed by atoms with van der Waals surface area (Å²) in [5.41, 5.74) is 0.0481. The van der Waals surface area contributed by atoms with Crippen molar-refractivity contribution in [2.75, 3.05) is 5.75 Å². The number of rotatable bonds is 1. The maximum atomic E-state index is 12.3. The van der Waals surface area contributed by atoms with Crippen molar-refractivity contribution in [2.24, 2.45) is 0 Å². The molecule has 2 rings (SSSR count). The van der Waals surface area contributed by atoms with Gasteiger partial charge >= 0.3 is 6.18 Å². The molecule has 1 nitrogen and oxygen atoms in total. The van der Waals surface area contributed by atoms with E-state index in [9.17, 15) is 13.2 Å². The summed E-state index contributed by atoms with van der Waals surface area (Å²) < 4.78 is 42.5. The fourth-order valence-electron chi connectivity index (χ4n) is 1.52. The number of halogens is 3. The molecule has 0 bridgehead atoms. The molecule has 16 heavy (non-hydrogen) atoms. The maximum absolute atomic E-state index is 12.3. The highest BCUT2D eigenvalue weighted by atomic mass is 32.2. The van der Waals surface area contributed by atoms with E-state index in [1.807, 2.05) is 6.92 Å². The van der Waals surface area contributed by atoms with Gasteiger partial charge in [0, 0.05) is 5.75 Å². The van der Waals surface area contributed by atoms with Crippen molar-refractivity contribution in [3.05, 3.63) is 35.4 Å². The monoisotopic (exact) mass is 248 g/mol. The smallest absolute Gasteiger partial charge is 0.359 e. The summed E-state index contributed by atoms with van der Waals surface area (Å²) in [4.78, 5) is 0. The van der Waals surface area contributed by atoms with E-state index in [1.165, 1.54) is 12.1 Å². The van der Waals surface area contributed by atoms with E-state index in [1.54, 1.807) is 11.8 Å². The molecule has 2 atom stereocenters. The highest BCUT2D eigenvalue weighted by Gasteiger charge is 2.31. The van der Waals surface area contributed by atoms with Gasteiger partial charge < -0.3 is 4.74 Å². The molecular formula is C11H11F3OS. The number of thioether (sulfide) groups is 1. The van der Waals surface area contributed by atoms with E-state index in [2.05, 4.69) is 0 Å². The zero-order chi connectivity index (χ0) is 11.8. The minimum Gasteiger partial charge on any atom is -0.359 e. The molecule has 1 saturated heterocycles. The van der Waals surface area contributed by atoms with Gasteiger partial charge in [-0.15, -0.1) is 11.8 Å². The first kappa shape index (κ1) is 11.8. The van der Waals surface area contributed by atoms with Crippen LogP contribution in [0.1, 0.15) is 23.5 Å². The summed E-state index contributed by atoms with van der Waals surface area (Å²) in [6.07, 6.45) is -4.10. The second-order valence-electron chi connectivity index (χ2n) is 3.73. The standard InChI is InChI=1S/C11H11F3OS/c1-7-6-16-10(15-7)8-2-4-9(5-3-8)11(12,13)14/h2-5,7,10H,6H2,1H3/t7-,10+/m0/s1. The van der Waals surface area contributed by atoms with Gasteiger partial charge in [-0.25, -0.2) is 0 Å². The molecule has 1 aromatic rings. The molecule has 0 saturated carbocycles. The van der Waals surface area contributed by atoms with E-state index < -0.39 is 11.7 Å². The molecule has 1 aliphatic heterocycles. The van der Waals surface area contributed by atoms with E-state index >= 15 is 0 Å². The first-order valence-corrected chi connectivity index (χ1v) is 5.96. The van der Waals surface area contributed by atoms with Gasteiger partial charge in [-0.3, -0.25) is 0 Å². The highest BCUT2D eigenvalue weighted by Crippen LogP contribution is 2.39. The lowest BCUT2D eigenvalue weighted by Gasteiger charge is -2.12. The van der Waals surface area contributed by atoms with Gasteiger partial charge in [0.1, 0.15) is 5.44 Å². The third-order valence-corrected chi connectivity index (χ3v) is 3.70. The van der Waals surface area contributed by atoms with Gasteiger partial charge in [0.15, 0.2) is 0 Å². The minimum atomic E-state index is -4.27. The highest BCUT2D eigenvalue weighted by molar-refractivity contribution is 7.99. The molecule has 88 valence electrons.